The van der Waals surface area contributed by atoms with Gasteiger partial charge in [0, 0.05) is 10.9 Å². The number of aryl methyl sites for hydroxylation is 1. The summed E-state index contributed by atoms with van der Waals surface area (Å²) in [6, 6.07) is 13.6. The molecule has 1 N–H and O–H groups in total. The fourth-order valence-corrected chi connectivity index (χ4v) is 3.40. The lowest BCUT2D eigenvalue weighted by Gasteiger charge is -2.05. The number of carbonyl (C=O) groups is 1. The zero-order chi connectivity index (χ0) is 17.2. The van der Waals surface area contributed by atoms with E-state index in [4.69, 9.17) is 9.47 Å². The third-order valence-corrected chi connectivity index (χ3v) is 4.79. The normalized spacial score (nSPS) is 12.2. The molecule has 25 heavy (non-hydrogen) atoms. The number of nitrogens with zero attached hydrogens (tertiary/aromatic N) is 1. The van der Waals surface area contributed by atoms with Crippen molar-refractivity contribution in [3.8, 4) is 22.8 Å². The van der Waals surface area contributed by atoms with E-state index in [9.17, 15) is 4.79 Å². The van der Waals surface area contributed by atoms with E-state index in [1.807, 2.05) is 54.8 Å². The molecule has 6 heteroatoms. The zero-order valence-electron chi connectivity index (χ0n) is 13.6. The third kappa shape index (κ3) is 3.34. The highest BCUT2D eigenvalue weighted by Crippen LogP contribution is 2.36. The highest BCUT2D eigenvalue weighted by molar-refractivity contribution is 7.14. The molecule has 5 nitrogen and oxygen atoms in total. The van der Waals surface area contributed by atoms with Crippen molar-refractivity contribution in [2.45, 2.75) is 13.3 Å². The number of hydrogen-bond donors (Lipinski definition) is 1. The first-order valence-electron chi connectivity index (χ1n) is 7.89. The minimum atomic E-state index is -0.0686. The summed E-state index contributed by atoms with van der Waals surface area (Å²) in [6.07, 6.45) is 0.339. The van der Waals surface area contributed by atoms with E-state index >= 15 is 0 Å². The summed E-state index contributed by atoms with van der Waals surface area (Å²) in [5.74, 6) is 1.39. The molecule has 0 atom stereocenters. The van der Waals surface area contributed by atoms with Gasteiger partial charge in [0.2, 0.25) is 12.7 Å². The van der Waals surface area contributed by atoms with Crippen LogP contribution in [0.4, 0.5) is 5.13 Å². The number of anilines is 1. The van der Waals surface area contributed by atoms with Crippen LogP contribution >= 0.6 is 11.3 Å². The lowest BCUT2D eigenvalue weighted by atomic mass is 10.1. The maximum atomic E-state index is 12.3. The predicted octanol–water partition coefficient (Wildman–Crippen LogP) is 4.03. The van der Waals surface area contributed by atoms with Crippen molar-refractivity contribution in [1.29, 1.82) is 0 Å². The van der Waals surface area contributed by atoms with Crippen LogP contribution in [-0.4, -0.2) is 17.7 Å². The standard InChI is InChI=1S/C19H16N2O3S/c1-12-4-2-3-5-13(12)9-18(22)21-19-20-15(10-25-19)14-6-7-16-17(8-14)24-11-23-16/h2-8,10H,9,11H2,1H3,(H,20,21,22). The van der Waals surface area contributed by atoms with E-state index < -0.39 is 0 Å². The number of amides is 1. The van der Waals surface area contributed by atoms with E-state index in [2.05, 4.69) is 10.3 Å². The zero-order valence-corrected chi connectivity index (χ0v) is 14.4. The van der Waals surface area contributed by atoms with Crippen LogP contribution in [0.3, 0.4) is 0 Å². The predicted molar refractivity (Wildman–Crippen MR) is 97.2 cm³/mol. The molecule has 2 aromatic carbocycles. The van der Waals surface area contributed by atoms with Crippen LogP contribution in [0.2, 0.25) is 0 Å². The van der Waals surface area contributed by atoms with E-state index in [0.717, 1.165) is 33.9 Å². The number of hydrogen-bond acceptors (Lipinski definition) is 5. The Morgan fingerprint density at radius 2 is 2.04 bits per heavy atom. The molecule has 4 rings (SSSR count). The number of nitrogens with one attached hydrogen (secondary N) is 1. The molecule has 0 saturated heterocycles. The van der Waals surface area contributed by atoms with Gasteiger partial charge in [-0.3, -0.25) is 4.79 Å². The van der Waals surface area contributed by atoms with E-state index in [0.29, 0.717) is 11.6 Å². The number of aromatic nitrogens is 1. The Balaban J connectivity index is 1.46. The topological polar surface area (TPSA) is 60.5 Å². The summed E-state index contributed by atoms with van der Waals surface area (Å²) in [5, 5.41) is 5.38. The van der Waals surface area contributed by atoms with E-state index in [1.165, 1.54) is 11.3 Å². The van der Waals surface area contributed by atoms with Gasteiger partial charge in [0.25, 0.3) is 0 Å². The average molecular weight is 352 g/mol. The molecule has 0 spiro atoms. The van der Waals surface area contributed by atoms with Gasteiger partial charge < -0.3 is 14.8 Å². The maximum Gasteiger partial charge on any atom is 0.231 e. The van der Waals surface area contributed by atoms with Crippen LogP contribution in [0.15, 0.2) is 47.8 Å². The summed E-state index contributed by atoms with van der Waals surface area (Å²) >= 11 is 1.41. The fraction of sp³-hybridized carbons (Fsp3) is 0.158. The highest BCUT2D eigenvalue weighted by atomic mass is 32.1. The Morgan fingerprint density at radius 1 is 1.20 bits per heavy atom. The number of carbonyl (C=O) groups excluding carboxylic acids is 1. The summed E-state index contributed by atoms with van der Waals surface area (Å²) in [6.45, 7) is 2.25. The van der Waals surface area contributed by atoms with Gasteiger partial charge in [0.1, 0.15) is 0 Å². The van der Waals surface area contributed by atoms with Crippen LogP contribution < -0.4 is 14.8 Å². The molecule has 1 aromatic heterocycles. The molecule has 126 valence electrons. The SMILES string of the molecule is Cc1ccccc1CC(=O)Nc1nc(-c2ccc3c(c2)OCO3)cs1. The molecular weight excluding hydrogens is 336 g/mol. The summed E-state index contributed by atoms with van der Waals surface area (Å²) in [5.41, 5.74) is 3.86. The number of ether oxygens (including phenoxy) is 2. The minimum Gasteiger partial charge on any atom is -0.454 e. The Hall–Kier alpha value is -2.86. The molecule has 0 fully saturated rings. The Bertz CT molecular complexity index is 936. The fourth-order valence-electron chi connectivity index (χ4n) is 2.66. The van der Waals surface area contributed by atoms with Crippen molar-refractivity contribution >= 4 is 22.4 Å². The number of thiazole rings is 1. The number of fused-ring (bicyclic) bond motifs is 1. The van der Waals surface area contributed by atoms with Crippen molar-refractivity contribution in [3.63, 3.8) is 0 Å². The molecule has 3 aromatic rings. The van der Waals surface area contributed by atoms with Gasteiger partial charge in [0.15, 0.2) is 16.6 Å². The largest absolute Gasteiger partial charge is 0.454 e. The molecule has 0 radical (unpaired) electrons. The van der Waals surface area contributed by atoms with Crippen molar-refractivity contribution in [3.05, 3.63) is 59.0 Å². The van der Waals surface area contributed by atoms with E-state index in [1.54, 1.807) is 0 Å². The van der Waals surface area contributed by atoms with Crippen LogP contribution in [0.5, 0.6) is 11.5 Å². The smallest absolute Gasteiger partial charge is 0.231 e. The van der Waals surface area contributed by atoms with Gasteiger partial charge in [-0.25, -0.2) is 4.98 Å². The molecule has 1 amide bonds. The van der Waals surface area contributed by atoms with Crippen LogP contribution in [0, 0.1) is 6.92 Å². The van der Waals surface area contributed by atoms with Crippen LogP contribution in [0.25, 0.3) is 11.3 Å². The van der Waals surface area contributed by atoms with Gasteiger partial charge >= 0.3 is 0 Å². The van der Waals surface area contributed by atoms with Crippen molar-refractivity contribution in [1.82, 2.24) is 4.98 Å². The highest BCUT2D eigenvalue weighted by Gasteiger charge is 2.15. The first-order chi connectivity index (χ1) is 12.2. The van der Waals surface area contributed by atoms with Gasteiger partial charge in [-0.15, -0.1) is 11.3 Å². The van der Waals surface area contributed by atoms with Crippen LogP contribution in [0.1, 0.15) is 11.1 Å². The molecule has 0 saturated carbocycles. The van der Waals surface area contributed by atoms with Crippen molar-refractivity contribution in [2.24, 2.45) is 0 Å². The van der Waals surface area contributed by atoms with Gasteiger partial charge in [0.05, 0.1) is 12.1 Å². The molecule has 0 unspecified atom stereocenters. The van der Waals surface area contributed by atoms with Gasteiger partial charge in [-0.2, -0.15) is 0 Å². The lowest BCUT2D eigenvalue weighted by molar-refractivity contribution is -0.115. The Kier molecular flexibility index (Phi) is 4.11. The van der Waals surface area contributed by atoms with Crippen molar-refractivity contribution in [2.75, 3.05) is 12.1 Å². The Morgan fingerprint density at radius 3 is 2.92 bits per heavy atom. The van der Waals surface area contributed by atoms with Gasteiger partial charge in [-0.1, -0.05) is 24.3 Å². The molecule has 0 bridgehead atoms. The van der Waals surface area contributed by atoms with Gasteiger partial charge in [-0.05, 0) is 36.2 Å². The summed E-state index contributed by atoms with van der Waals surface area (Å²) in [4.78, 5) is 16.8. The average Bonchev–Trinajstić information content (AvgIpc) is 3.25. The molecule has 2 heterocycles. The molecular formula is C19H16N2O3S. The summed E-state index contributed by atoms with van der Waals surface area (Å²) < 4.78 is 10.7. The molecule has 1 aliphatic heterocycles. The third-order valence-electron chi connectivity index (χ3n) is 4.03. The second-order valence-corrected chi connectivity index (χ2v) is 6.62. The monoisotopic (exact) mass is 352 g/mol. The van der Waals surface area contributed by atoms with Crippen molar-refractivity contribution < 1.29 is 14.3 Å². The second-order valence-electron chi connectivity index (χ2n) is 5.76. The quantitative estimate of drug-likeness (QED) is 0.770. The van der Waals surface area contributed by atoms with Crippen LogP contribution in [-0.2, 0) is 11.2 Å². The number of rotatable bonds is 4. The first kappa shape index (κ1) is 15.7. The number of benzene rings is 2. The maximum absolute atomic E-state index is 12.3. The Labute approximate surface area is 149 Å². The first-order valence-corrected chi connectivity index (χ1v) is 8.77. The van der Waals surface area contributed by atoms with E-state index in [-0.39, 0.29) is 12.7 Å². The second kappa shape index (κ2) is 6.57. The molecule has 0 aliphatic carbocycles. The minimum absolute atomic E-state index is 0.0686. The lowest BCUT2D eigenvalue weighted by Crippen LogP contribution is -2.14. The summed E-state index contributed by atoms with van der Waals surface area (Å²) in [7, 11) is 0. The molecule has 1 aliphatic rings.